The molecule has 2 heterocycles. The Morgan fingerprint density at radius 2 is 1.68 bits per heavy atom. The summed E-state index contributed by atoms with van der Waals surface area (Å²) in [6.45, 7) is 7.27. The minimum atomic E-state index is -0.388. The molecule has 0 radical (unpaired) electrons. The van der Waals surface area contributed by atoms with Crippen molar-refractivity contribution in [3.05, 3.63) is 82.9 Å². The third-order valence-electron chi connectivity index (χ3n) is 5.94. The SMILES string of the molecule is C=CCN1C(=O)c2ccc(C(=O)NCc3ccccc3CN3CCCCC3)cc2C1=O. The number of fused-ring (bicyclic) bond motifs is 1. The molecule has 31 heavy (non-hydrogen) atoms. The first-order chi connectivity index (χ1) is 15.1. The van der Waals surface area contributed by atoms with Gasteiger partial charge in [-0.25, -0.2) is 0 Å². The fraction of sp³-hybridized carbons (Fsp3) is 0.320. The summed E-state index contributed by atoms with van der Waals surface area (Å²) in [5, 5.41) is 2.96. The Labute approximate surface area is 182 Å². The lowest BCUT2D eigenvalue weighted by Gasteiger charge is -2.27. The highest BCUT2D eigenvalue weighted by Crippen LogP contribution is 2.24. The summed E-state index contributed by atoms with van der Waals surface area (Å²) in [4.78, 5) is 41.2. The maximum atomic E-state index is 12.8. The molecule has 0 saturated carbocycles. The standard InChI is InChI=1S/C25H27N3O3/c1-2-12-28-24(30)21-11-10-18(15-22(21)25(28)31)23(29)26-16-19-8-4-5-9-20(19)17-27-13-6-3-7-14-27/h2,4-5,8-11,15H,1,3,6-7,12-14,16-17H2,(H,26,29). The molecule has 2 aliphatic heterocycles. The van der Waals surface area contributed by atoms with Gasteiger partial charge in [-0.05, 0) is 55.3 Å². The minimum absolute atomic E-state index is 0.154. The highest BCUT2D eigenvalue weighted by atomic mass is 16.2. The Kier molecular flexibility index (Phi) is 6.28. The van der Waals surface area contributed by atoms with E-state index in [0.717, 1.165) is 30.1 Å². The van der Waals surface area contributed by atoms with Crippen molar-refractivity contribution in [1.82, 2.24) is 15.1 Å². The summed E-state index contributed by atoms with van der Waals surface area (Å²) in [6, 6.07) is 12.8. The summed E-state index contributed by atoms with van der Waals surface area (Å²) >= 11 is 0. The largest absolute Gasteiger partial charge is 0.348 e. The van der Waals surface area contributed by atoms with Crippen LogP contribution >= 0.6 is 0 Å². The number of nitrogens with zero attached hydrogens (tertiary/aromatic N) is 2. The molecule has 0 atom stereocenters. The van der Waals surface area contributed by atoms with Gasteiger partial charge in [-0.15, -0.1) is 6.58 Å². The van der Waals surface area contributed by atoms with Crippen molar-refractivity contribution in [1.29, 1.82) is 0 Å². The predicted octanol–water partition coefficient (Wildman–Crippen LogP) is 3.38. The predicted molar refractivity (Wildman–Crippen MR) is 119 cm³/mol. The molecule has 160 valence electrons. The van der Waals surface area contributed by atoms with Gasteiger partial charge in [0, 0.05) is 25.2 Å². The van der Waals surface area contributed by atoms with Gasteiger partial charge in [0.05, 0.1) is 11.1 Å². The van der Waals surface area contributed by atoms with Crippen molar-refractivity contribution in [2.24, 2.45) is 0 Å². The molecule has 1 fully saturated rings. The van der Waals surface area contributed by atoms with Crippen LogP contribution in [0.1, 0.15) is 61.5 Å². The monoisotopic (exact) mass is 417 g/mol. The molecule has 2 aliphatic rings. The fourth-order valence-electron chi connectivity index (χ4n) is 4.25. The van der Waals surface area contributed by atoms with Crippen molar-refractivity contribution in [3.8, 4) is 0 Å². The van der Waals surface area contributed by atoms with Crippen molar-refractivity contribution in [3.63, 3.8) is 0 Å². The lowest BCUT2D eigenvalue weighted by atomic mass is 10.0. The number of hydrogen-bond acceptors (Lipinski definition) is 4. The Hall–Kier alpha value is -3.25. The van der Waals surface area contributed by atoms with Crippen LogP contribution in [0.3, 0.4) is 0 Å². The van der Waals surface area contributed by atoms with Gasteiger partial charge in [0.15, 0.2) is 0 Å². The highest BCUT2D eigenvalue weighted by Gasteiger charge is 2.35. The van der Waals surface area contributed by atoms with E-state index in [1.54, 1.807) is 12.1 Å². The summed E-state index contributed by atoms with van der Waals surface area (Å²) in [7, 11) is 0. The first kappa shape index (κ1) is 21.0. The van der Waals surface area contributed by atoms with E-state index in [1.807, 2.05) is 18.2 Å². The lowest BCUT2D eigenvalue weighted by molar-refractivity contribution is 0.0672. The maximum absolute atomic E-state index is 12.8. The van der Waals surface area contributed by atoms with Gasteiger partial charge in [0.25, 0.3) is 17.7 Å². The number of piperidine rings is 1. The van der Waals surface area contributed by atoms with Crippen LogP contribution in [0.2, 0.25) is 0 Å². The number of hydrogen-bond donors (Lipinski definition) is 1. The van der Waals surface area contributed by atoms with Crippen LogP contribution in [0, 0.1) is 0 Å². The summed E-state index contributed by atoms with van der Waals surface area (Å²) in [6.07, 6.45) is 5.29. The maximum Gasteiger partial charge on any atom is 0.261 e. The molecule has 0 spiro atoms. The summed E-state index contributed by atoms with van der Waals surface area (Å²) in [5.41, 5.74) is 3.28. The van der Waals surface area contributed by atoms with Crippen LogP contribution in [0.5, 0.6) is 0 Å². The normalized spacial score (nSPS) is 16.3. The van der Waals surface area contributed by atoms with Gasteiger partial charge >= 0.3 is 0 Å². The summed E-state index contributed by atoms with van der Waals surface area (Å²) in [5.74, 6) is -1.00. The molecule has 0 aromatic heterocycles. The zero-order valence-electron chi connectivity index (χ0n) is 17.6. The molecule has 1 N–H and O–H groups in total. The van der Waals surface area contributed by atoms with Gasteiger partial charge in [-0.1, -0.05) is 36.8 Å². The van der Waals surface area contributed by atoms with E-state index in [9.17, 15) is 14.4 Å². The Morgan fingerprint density at radius 3 is 2.42 bits per heavy atom. The molecule has 0 aliphatic carbocycles. The van der Waals surface area contributed by atoms with E-state index in [-0.39, 0.29) is 29.8 Å². The van der Waals surface area contributed by atoms with E-state index in [1.165, 1.54) is 37.0 Å². The van der Waals surface area contributed by atoms with Crippen LogP contribution in [-0.2, 0) is 13.1 Å². The number of likely N-dealkylation sites (tertiary alicyclic amines) is 1. The quantitative estimate of drug-likeness (QED) is 0.554. The molecular weight excluding hydrogens is 390 g/mol. The number of benzene rings is 2. The first-order valence-electron chi connectivity index (χ1n) is 10.8. The van der Waals surface area contributed by atoms with Crippen LogP contribution in [0.15, 0.2) is 55.1 Å². The van der Waals surface area contributed by atoms with Gasteiger partial charge < -0.3 is 5.32 Å². The summed E-state index contributed by atoms with van der Waals surface area (Å²) < 4.78 is 0. The van der Waals surface area contributed by atoms with E-state index in [0.29, 0.717) is 17.7 Å². The molecule has 1 saturated heterocycles. The number of carbonyl (C=O) groups is 3. The second-order valence-corrected chi connectivity index (χ2v) is 8.06. The Morgan fingerprint density at radius 1 is 0.968 bits per heavy atom. The van der Waals surface area contributed by atoms with Gasteiger partial charge in [-0.3, -0.25) is 24.2 Å². The Balaban J connectivity index is 1.44. The number of carbonyl (C=O) groups excluding carboxylic acids is 3. The number of nitrogens with one attached hydrogen (secondary N) is 1. The van der Waals surface area contributed by atoms with Crippen LogP contribution < -0.4 is 5.32 Å². The highest BCUT2D eigenvalue weighted by molar-refractivity contribution is 6.22. The van der Waals surface area contributed by atoms with E-state index < -0.39 is 0 Å². The average Bonchev–Trinajstić information content (AvgIpc) is 3.03. The van der Waals surface area contributed by atoms with Crippen LogP contribution in [-0.4, -0.2) is 47.2 Å². The third kappa shape index (κ3) is 4.44. The van der Waals surface area contributed by atoms with E-state index in [2.05, 4.69) is 22.9 Å². The van der Waals surface area contributed by atoms with E-state index >= 15 is 0 Å². The minimum Gasteiger partial charge on any atom is -0.348 e. The molecule has 4 rings (SSSR count). The smallest absolute Gasteiger partial charge is 0.261 e. The average molecular weight is 418 g/mol. The van der Waals surface area contributed by atoms with Crippen molar-refractivity contribution >= 4 is 17.7 Å². The number of imide groups is 1. The molecule has 3 amide bonds. The molecule has 2 aromatic carbocycles. The topological polar surface area (TPSA) is 69.7 Å². The molecule has 6 nitrogen and oxygen atoms in total. The zero-order chi connectivity index (χ0) is 21.8. The third-order valence-corrected chi connectivity index (χ3v) is 5.94. The molecule has 6 heteroatoms. The van der Waals surface area contributed by atoms with Crippen molar-refractivity contribution in [2.75, 3.05) is 19.6 Å². The van der Waals surface area contributed by atoms with Crippen LogP contribution in [0.4, 0.5) is 0 Å². The van der Waals surface area contributed by atoms with Gasteiger partial charge in [-0.2, -0.15) is 0 Å². The molecule has 0 bridgehead atoms. The fourth-order valence-corrected chi connectivity index (χ4v) is 4.25. The number of amides is 3. The Bertz CT molecular complexity index is 1020. The second-order valence-electron chi connectivity index (χ2n) is 8.06. The zero-order valence-corrected chi connectivity index (χ0v) is 17.6. The molecular formula is C25H27N3O3. The second kappa shape index (κ2) is 9.27. The molecule has 0 unspecified atom stereocenters. The van der Waals surface area contributed by atoms with Gasteiger partial charge in [0.2, 0.25) is 0 Å². The number of rotatable bonds is 7. The van der Waals surface area contributed by atoms with Crippen molar-refractivity contribution < 1.29 is 14.4 Å². The van der Waals surface area contributed by atoms with E-state index in [4.69, 9.17) is 0 Å². The molecule has 2 aromatic rings. The lowest BCUT2D eigenvalue weighted by Crippen LogP contribution is -2.30. The first-order valence-corrected chi connectivity index (χ1v) is 10.8. The van der Waals surface area contributed by atoms with Crippen molar-refractivity contribution in [2.45, 2.75) is 32.4 Å². The van der Waals surface area contributed by atoms with Crippen LogP contribution in [0.25, 0.3) is 0 Å². The van der Waals surface area contributed by atoms with Gasteiger partial charge in [0.1, 0.15) is 0 Å².